The summed E-state index contributed by atoms with van der Waals surface area (Å²) in [5.74, 6) is 0.0240. The van der Waals surface area contributed by atoms with E-state index >= 15 is 0 Å². The zero-order valence-electron chi connectivity index (χ0n) is 24.1. The Labute approximate surface area is 249 Å². The molecule has 6 rings (SSSR count). The Balaban J connectivity index is 1.16. The highest BCUT2D eigenvalue weighted by atomic mass is 32.2. The van der Waals surface area contributed by atoms with Crippen molar-refractivity contribution in [3.05, 3.63) is 53.9 Å². The van der Waals surface area contributed by atoms with Crippen molar-refractivity contribution in [2.45, 2.75) is 38.8 Å². The van der Waals surface area contributed by atoms with Gasteiger partial charge < -0.3 is 19.9 Å². The number of aromatic nitrogens is 3. The van der Waals surface area contributed by atoms with Crippen LogP contribution in [0.1, 0.15) is 24.1 Å². The number of fused-ring (bicyclic) bond motifs is 1. The van der Waals surface area contributed by atoms with Crippen LogP contribution in [-0.4, -0.2) is 96.7 Å². The molecule has 1 aromatic carbocycles. The van der Waals surface area contributed by atoms with Crippen molar-refractivity contribution < 1.29 is 26.7 Å². The third-order valence-electron chi connectivity index (χ3n) is 8.72. The number of hydrogen-bond donors (Lipinski definition) is 1. The number of nitrogens with one attached hydrogen (secondary N) is 1. The van der Waals surface area contributed by atoms with Gasteiger partial charge in [-0.1, -0.05) is 30.3 Å². The number of anilines is 2. The molecule has 0 aliphatic carbocycles. The van der Waals surface area contributed by atoms with Crippen LogP contribution in [0.25, 0.3) is 10.9 Å². The first-order valence-corrected chi connectivity index (χ1v) is 16.2. The van der Waals surface area contributed by atoms with Gasteiger partial charge in [0, 0.05) is 73.9 Å². The lowest BCUT2D eigenvalue weighted by molar-refractivity contribution is 0.00803. The SMILES string of the molecule is Cc1cc2cnc(NC3CCN(S(C)(=O)=O)CC3)nc2c(N2CC3(CN(C(=O)OCc4ccccc4)CC3C(F)F)C2)n1. The van der Waals surface area contributed by atoms with Crippen molar-refractivity contribution in [1.29, 1.82) is 0 Å². The third kappa shape index (κ3) is 6.07. The van der Waals surface area contributed by atoms with Gasteiger partial charge in [0.05, 0.1) is 6.26 Å². The number of hydrogen-bond acceptors (Lipinski definition) is 9. The van der Waals surface area contributed by atoms with Crippen LogP contribution in [0.3, 0.4) is 0 Å². The van der Waals surface area contributed by atoms with E-state index in [9.17, 15) is 22.0 Å². The van der Waals surface area contributed by atoms with Crippen molar-refractivity contribution in [1.82, 2.24) is 24.2 Å². The number of pyridine rings is 1. The Bertz CT molecular complexity index is 1600. The molecule has 1 atom stereocenters. The van der Waals surface area contributed by atoms with Gasteiger partial charge in [0.15, 0.2) is 5.82 Å². The second kappa shape index (κ2) is 11.5. The molecule has 3 fully saturated rings. The number of benzene rings is 1. The Morgan fingerprint density at radius 1 is 1.14 bits per heavy atom. The van der Waals surface area contributed by atoms with E-state index < -0.39 is 33.9 Å². The zero-order valence-corrected chi connectivity index (χ0v) is 24.9. The van der Waals surface area contributed by atoms with Gasteiger partial charge >= 0.3 is 6.09 Å². The van der Waals surface area contributed by atoms with E-state index in [1.807, 2.05) is 48.2 Å². The lowest BCUT2D eigenvalue weighted by atomic mass is 9.71. The summed E-state index contributed by atoms with van der Waals surface area (Å²) in [4.78, 5) is 30.1. The Morgan fingerprint density at radius 3 is 2.53 bits per heavy atom. The van der Waals surface area contributed by atoms with Gasteiger partial charge in [-0.15, -0.1) is 0 Å². The average molecular weight is 616 g/mol. The first-order valence-electron chi connectivity index (χ1n) is 14.4. The average Bonchev–Trinajstić information content (AvgIpc) is 3.37. The van der Waals surface area contributed by atoms with E-state index in [1.54, 1.807) is 6.20 Å². The predicted molar refractivity (Wildman–Crippen MR) is 157 cm³/mol. The molecule has 1 spiro atoms. The van der Waals surface area contributed by atoms with Crippen LogP contribution in [0.2, 0.25) is 0 Å². The normalized spacial score (nSPS) is 21.0. The predicted octanol–water partition coefficient (Wildman–Crippen LogP) is 3.51. The highest BCUT2D eigenvalue weighted by Gasteiger charge is 2.59. The molecule has 3 saturated heterocycles. The first-order chi connectivity index (χ1) is 20.5. The van der Waals surface area contributed by atoms with E-state index in [4.69, 9.17) is 14.7 Å². The number of likely N-dealkylation sites (tertiary alicyclic amines) is 1. The number of ether oxygens (including phenoxy) is 1. The maximum Gasteiger partial charge on any atom is 0.410 e. The summed E-state index contributed by atoms with van der Waals surface area (Å²) in [6.45, 7) is 3.55. The van der Waals surface area contributed by atoms with Crippen molar-refractivity contribution in [2.75, 3.05) is 55.7 Å². The molecule has 11 nitrogen and oxygen atoms in total. The molecule has 14 heteroatoms. The lowest BCUT2D eigenvalue weighted by Gasteiger charge is -2.51. The van der Waals surface area contributed by atoms with Crippen LogP contribution in [-0.2, 0) is 21.4 Å². The molecule has 5 heterocycles. The van der Waals surface area contributed by atoms with Crippen LogP contribution in [0.4, 0.5) is 25.3 Å². The van der Waals surface area contributed by atoms with Crippen molar-refractivity contribution >= 4 is 38.8 Å². The Kier molecular flexibility index (Phi) is 7.84. The maximum atomic E-state index is 14.3. The van der Waals surface area contributed by atoms with Crippen LogP contribution < -0.4 is 10.2 Å². The van der Waals surface area contributed by atoms with Crippen LogP contribution in [0, 0.1) is 18.3 Å². The van der Waals surface area contributed by atoms with Crippen molar-refractivity contribution in [3.63, 3.8) is 0 Å². The minimum absolute atomic E-state index is 0.0162. The summed E-state index contributed by atoms with van der Waals surface area (Å²) in [5.41, 5.74) is 1.41. The number of carbonyl (C=O) groups is 1. The number of piperidine rings is 1. The lowest BCUT2D eigenvalue weighted by Crippen LogP contribution is -2.62. The fourth-order valence-corrected chi connectivity index (χ4v) is 7.32. The van der Waals surface area contributed by atoms with E-state index in [0.29, 0.717) is 56.3 Å². The molecule has 0 radical (unpaired) electrons. The van der Waals surface area contributed by atoms with Gasteiger partial charge in [-0.3, -0.25) is 0 Å². The maximum absolute atomic E-state index is 14.3. The molecule has 1 amide bonds. The largest absolute Gasteiger partial charge is 0.445 e. The molecule has 0 bridgehead atoms. The number of amides is 1. The van der Waals surface area contributed by atoms with Gasteiger partial charge in [-0.2, -0.15) is 0 Å². The van der Waals surface area contributed by atoms with E-state index in [0.717, 1.165) is 16.6 Å². The highest BCUT2D eigenvalue weighted by molar-refractivity contribution is 7.88. The number of alkyl halides is 2. The number of nitrogens with zero attached hydrogens (tertiary/aromatic N) is 6. The summed E-state index contributed by atoms with van der Waals surface area (Å²) < 4.78 is 59.2. The summed E-state index contributed by atoms with van der Waals surface area (Å²) in [6, 6.07) is 11.1. The summed E-state index contributed by atoms with van der Waals surface area (Å²) >= 11 is 0. The molecule has 1 N–H and O–H groups in total. The molecule has 230 valence electrons. The molecule has 3 aromatic rings. The summed E-state index contributed by atoms with van der Waals surface area (Å²) in [7, 11) is -3.22. The third-order valence-corrected chi connectivity index (χ3v) is 10.0. The van der Waals surface area contributed by atoms with Gasteiger partial charge in [0.1, 0.15) is 12.1 Å². The van der Waals surface area contributed by atoms with Gasteiger partial charge in [0.25, 0.3) is 0 Å². The molecule has 2 aromatic heterocycles. The number of carbonyl (C=O) groups excluding carboxylic acids is 1. The molecule has 3 aliphatic heterocycles. The van der Waals surface area contributed by atoms with Crippen molar-refractivity contribution in [3.8, 4) is 0 Å². The number of aryl methyl sites for hydroxylation is 1. The molecule has 43 heavy (non-hydrogen) atoms. The van der Waals surface area contributed by atoms with Gasteiger partial charge in [-0.25, -0.2) is 41.3 Å². The topological polar surface area (TPSA) is 121 Å². The minimum Gasteiger partial charge on any atom is -0.445 e. The van der Waals surface area contributed by atoms with Crippen LogP contribution >= 0.6 is 0 Å². The fraction of sp³-hybridized carbons (Fsp3) is 0.517. The Morgan fingerprint density at radius 2 is 1.86 bits per heavy atom. The molecule has 3 aliphatic rings. The molecule has 0 saturated carbocycles. The quantitative estimate of drug-likeness (QED) is 0.426. The number of sulfonamides is 1. The standard InChI is InChI=1S/C29H35F2N7O4S/c1-19-12-21-13-32-27(34-22-8-10-38(11-9-22)43(2,40)41)35-24(21)26(33-19)37-17-29(18-37)16-36(14-23(29)25(30)31)28(39)42-15-20-6-4-3-5-7-20/h3-7,12-13,22-23,25H,8-11,14-18H2,1-2H3,(H,32,34,35). The summed E-state index contributed by atoms with van der Waals surface area (Å²) in [5, 5.41) is 4.11. The van der Waals surface area contributed by atoms with Gasteiger partial charge in [-0.05, 0) is 31.4 Å². The van der Waals surface area contributed by atoms with E-state index in [-0.39, 0.29) is 25.7 Å². The van der Waals surface area contributed by atoms with Crippen LogP contribution in [0.15, 0.2) is 42.6 Å². The number of halogens is 2. The molecule has 1 unspecified atom stereocenters. The highest BCUT2D eigenvalue weighted by Crippen LogP contribution is 2.48. The van der Waals surface area contributed by atoms with Gasteiger partial charge in [0.2, 0.25) is 22.4 Å². The fourth-order valence-electron chi connectivity index (χ4n) is 6.45. The minimum atomic E-state index is -3.22. The molecular formula is C29H35F2N7O4S. The van der Waals surface area contributed by atoms with E-state index in [1.165, 1.54) is 15.5 Å². The zero-order chi connectivity index (χ0) is 30.4. The second-order valence-electron chi connectivity index (χ2n) is 11.9. The first kappa shape index (κ1) is 29.4. The van der Waals surface area contributed by atoms with Crippen LogP contribution in [0.5, 0.6) is 0 Å². The van der Waals surface area contributed by atoms with Crippen molar-refractivity contribution in [2.24, 2.45) is 11.3 Å². The smallest absolute Gasteiger partial charge is 0.410 e. The number of rotatable bonds is 7. The molecular weight excluding hydrogens is 580 g/mol. The Hall–Kier alpha value is -3.65. The second-order valence-corrected chi connectivity index (χ2v) is 13.9. The summed E-state index contributed by atoms with van der Waals surface area (Å²) in [6.07, 6.45) is 1.02. The van der Waals surface area contributed by atoms with E-state index in [2.05, 4.69) is 10.3 Å². The monoisotopic (exact) mass is 615 g/mol.